The highest BCUT2D eigenvalue weighted by atomic mass is 16.6. The second kappa shape index (κ2) is 8.93. The van der Waals surface area contributed by atoms with Crippen LogP contribution < -0.4 is 0 Å². The molecule has 1 saturated heterocycles. The van der Waals surface area contributed by atoms with E-state index < -0.39 is 5.60 Å². The molecule has 5 nitrogen and oxygen atoms in total. The van der Waals surface area contributed by atoms with Gasteiger partial charge in [0.15, 0.2) is 0 Å². The molecule has 0 spiro atoms. The lowest BCUT2D eigenvalue weighted by molar-refractivity contribution is 0.0144. The Morgan fingerprint density at radius 1 is 1.18 bits per heavy atom. The molecule has 28 heavy (non-hydrogen) atoms. The number of amides is 1. The van der Waals surface area contributed by atoms with Gasteiger partial charge in [0.25, 0.3) is 0 Å². The number of carbonyl (C=O) groups is 1. The van der Waals surface area contributed by atoms with Crippen molar-refractivity contribution in [1.29, 1.82) is 0 Å². The number of benzene rings is 2. The van der Waals surface area contributed by atoms with E-state index >= 15 is 0 Å². The van der Waals surface area contributed by atoms with E-state index in [1.807, 2.05) is 32.9 Å². The van der Waals surface area contributed by atoms with Crippen LogP contribution in [0, 0.1) is 0 Å². The quantitative estimate of drug-likeness (QED) is 0.795. The summed E-state index contributed by atoms with van der Waals surface area (Å²) in [5.74, 6) is 0. The minimum absolute atomic E-state index is 0.0253. The molecule has 1 aliphatic heterocycles. The van der Waals surface area contributed by atoms with Crippen molar-refractivity contribution >= 4 is 16.9 Å². The zero-order valence-corrected chi connectivity index (χ0v) is 17.1. The SMILES string of the molecule is CC(C)(C)OC(=O)N1CC(OCc2ccc3ccccc3c2)CC1CCCO. The normalized spacial score (nSPS) is 19.9. The Morgan fingerprint density at radius 3 is 2.64 bits per heavy atom. The number of nitrogens with zero attached hydrogens (tertiary/aromatic N) is 1. The number of likely N-dealkylation sites (tertiary alicyclic amines) is 1. The van der Waals surface area contributed by atoms with E-state index in [9.17, 15) is 9.90 Å². The van der Waals surface area contributed by atoms with Crippen LogP contribution in [0.1, 0.15) is 45.6 Å². The molecule has 0 aromatic heterocycles. The average Bonchev–Trinajstić information content (AvgIpc) is 3.06. The van der Waals surface area contributed by atoms with Gasteiger partial charge in [-0.05, 0) is 62.4 Å². The van der Waals surface area contributed by atoms with E-state index in [4.69, 9.17) is 9.47 Å². The number of fused-ring (bicyclic) bond motifs is 1. The summed E-state index contributed by atoms with van der Waals surface area (Å²) in [6.45, 7) is 6.79. The monoisotopic (exact) mass is 385 g/mol. The molecule has 2 atom stereocenters. The van der Waals surface area contributed by atoms with E-state index in [0.717, 1.165) is 18.4 Å². The highest BCUT2D eigenvalue weighted by molar-refractivity contribution is 5.82. The molecule has 0 radical (unpaired) electrons. The summed E-state index contributed by atoms with van der Waals surface area (Å²) >= 11 is 0. The maximum absolute atomic E-state index is 12.6. The van der Waals surface area contributed by atoms with Crippen molar-refractivity contribution in [1.82, 2.24) is 4.90 Å². The van der Waals surface area contributed by atoms with Crippen LogP contribution in [-0.4, -0.2) is 47.0 Å². The Bertz CT molecular complexity index is 799. The Morgan fingerprint density at radius 2 is 1.93 bits per heavy atom. The molecule has 1 fully saturated rings. The van der Waals surface area contributed by atoms with E-state index in [1.165, 1.54) is 10.8 Å². The van der Waals surface area contributed by atoms with E-state index in [-0.39, 0.29) is 24.8 Å². The molecule has 1 heterocycles. The van der Waals surface area contributed by atoms with Crippen molar-refractivity contribution in [2.45, 2.75) is 64.4 Å². The van der Waals surface area contributed by atoms with Crippen molar-refractivity contribution < 1.29 is 19.4 Å². The fraction of sp³-hybridized carbons (Fsp3) is 0.522. The number of aliphatic hydroxyl groups is 1. The Balaban J connectivity index is 1.62. The Labute approximate surface area is 167 Å². The molecule has 2 aromatic rings. The van der Waals surface area contributed by atoms with Gasteiger partial charge in [-0.3, -0.25) is 0 Å². The lowest BCUT2D eigenvalue weighted by atomic mass is 10.1. The van der Waals surface area contributed by atoms with Crippen LogP contribution in [0.5, 0.6) is 0 Å². The van der Waals surface area contributed by atoms with Gasteiger partial charge in [-0.1, -0.05) is 36.4 Å². The van der Waals surface area contributed by atoms with Crippen LogP contribution in [0.4, 0.5) is 4.79 Å². The van der Waals surface area contributed by atoms with Crippen molar-refractivity contribution in [2.75, 3.05) is 13.2 Å². The van der Waals surface area contributed by atoms with Crippen LogP contribution in [0.3, 0.4) is 0 Å². The molecule has 5 heteroatoms. The molecule has 1 N–H and O–H groups in total. The second-order valence-corrected chi connectivity index (χ2v) is 8.50. The first-order valence-corrected chi connectivity index (χ1v) is 10.1. The number of rotatable bonds is 6. The largest absolute Gasteiger partial charge is 0.444 e. The third-order valence-electron chi connectivity index (χ3n) is 5.00. The predicted octanol–water partition coefficient (Wildman–Crippen LogP) is 4.51. The average molecular weight is 386 g/mol. The number of carbonyl (C=O) groups excluding carboxylic acids is 1. The zero-order chi connectivity index (χ0) is 20.1. The molecular formula is C23H31NO4. The minimum Gasteiger partial charge on any atom is -0.444 e. The Kier molecular flexibility index (Phi) is 6.57. The number of hydrogen-bond donors (Lipinski definition) is 1. The van der Waals surface area contributed by atoms with Crippen LogP contribution in [0.15, 0.2) is 42.5 Å². The number of ether oxygens (including phenoxy) is 2. The number of aliphatic hydroxyl groups excluding tert-OH is 1. The summed E-state index contributed by atoms with van der Waals surface area (Å²) in [4.78, 5) is 14.4. The van der Waals surface area contributed by atoms with E-state index in [1.54, 1.807) is 4.90 Å². The van der Waals surface area contributed by atoms with Gasteiger partial charge in [-0.15, -0.1) is 0 Å². The van der Waals surface area contributed by atoms with Gasteiger partial charge in [0.05, 0.1) is 19.3 Å². The highest BCUT2D eigenvalue weighted by Crippen LogP contribution is 2.27. The molecule has 2 unspecified atom stereocenters. The third-order valence-corrected chi connectivity index (χ3v) is 5.00. The Hall–Kier alpha value is -2.11. The maximum Gasteiger partial charge on any atom is 0.410 e. The highest BCUT2D eigenvalue weighted by Gasteiger charge is 2.37. The van der Waals surface area contributed by atoms with Crippen molar-refractivity contribution in [3.63, 3.8) is 0 Å². The fourth-order valence-electron chi connectivity index (χ4n) is 3.68. The summed E-state index contributed by atoms with van der Waals surface area (Å²) in [5.41, 5.74) is 0.601. The smallest absolute Gasteiger partial charge is 0.410 e. The predicted molar refractivity (Wildman–Crippen MR) is 110 cm³/mol. The molecule has 0 bridgehead atoms. The molecular weight excluding hydrogens is 354 g/mol. The standard InChI is InChI=1S/C23H31NO4/c1-23(2,3)28-22(26)24-15-21(14-20(24)9-6-12-25)27-16-17-10-11-18-7-4-5-8-19(18)13-17/h4-5,7-8,10-11,13,20-21,25H,6,9,12,14-16H2,1-3H3. The van der Waals surface area contributed by atoms with Gasteiger partial charge in [0, 0.05) is 12.6 Å². The lowest BCUT2D eigenvalue weighted by Gasteiger charge is -2.28. The molecule has 1 aliphatic rings. The summed E-state index contributed by atoms with van der Waals surface area (Å²) in [6, 6.07) is 14.7. The second-order valence-electron chi connectivity index (χ2n) is 8.50. The van der Waals surface area contributed by atoms with Gasteiger partial charge >= 0.3 is 6.09 Å². The van der Waals surface area contributed by atoms with Crippen molar-refractivity contribution in [3.8, 4) is 0 Å². The summed E-state index contributed by atoms with van der Waals surface area (Å²) in [7, 11) is 0. The van der Waals surface area contributed by atoms with E-state index in [2.05, 4.69) is 30.3 Å². The lowest BCUT2D eigenvalue weighted by Crippen LogP contribution is -2.40. The molecule has 152 valence electrons. The first-order valence-electron chi connectivity index (χ1n) is 10.1. The van der Waals surface area contributed by atoms with Gasteiger partial charge in [0.2, 0.25) is 0 Å². The first kappa shape index (κ1) is 20.6. The fourth-order valence-corrected chi connectivity index (χ4v) is 3.68. The van der Waals surface area contributed by atoms with Crippen molar-refractivity contribution in [2.24, 2.45) is 0 Å². The first-order chi connectivity index (χ1) is 13.4. The molecule has 0 saturated carbocycles. The van der Waals surface area contributed by atoms with Crippen LogP contribution >= 0.6 is 0 Å². The van der Waals surface area contributed by atoms with Crippen LogP contribution in [0.2, 0.25) is 0 Å². The van der Waals surface area contributed by atoms with Gasteiger partial charge in [-0.2, -0.15) is 0 Å². The van der Waals surface area contributed by atoms with Gasteiger partial charge < -0.3 is 19.5 Å². The maximum atomic E-state index is 12.6. The summed E-state index contributed by atoms with van der Waals surface area (Å²) in [6.07, 6.45) is 1.87. The third kappa shape index (κ3) is 5.46. The number of hydrogen-bond acceptors (Lipinski definition) is 4. The minimum atomic E-state index is -0.525. The molecule has 2 aromatic carbocycles. The van der Waals surface area contributed by atoms with Crippen LogP contribution in [0.25, 0.3) is 10.8 Å². The topological polar surface area (TPSA) is 59.0 Å². The van der Waals surface area contributed by atoms with Crippen molar-refractivity contribution in [3.05, 3.63) is 48.0 Å². The molecule has 3 rings (SSSR count). The zero-order valence-electron chi connectivity index (χ0n) is 17.1. The van der Waals surface area contributed by atoms with Crippen LogP contribution in [-0.2, 0) is 16.1 Å². The summed E-state index contributed by atoms with van der Waals surface area (Å²) < 4.78 is 11.7. The summed E-state index contributed by atoms with van der Waals surface area (Å²) in [5, 5.41) is 11.6. The van der Waals surface area contributed by atoms with Gasteiger partial charge in [-0.25, -0.2) is 4.79 Å². The van der Waals surface area contributed by atoms with E-state index in [0.29, 0.717) is 19.6 Å². The molecule has 1 amide bonds. The van der Waals surface area contributed by atoms with Gasteiger partial charge in [0.1, 0.15) is 5.60 Å². The molecule has 0 aliphatic carbocycles.